The van der Waals surface area contributed by atoms with Crippen LogP contribution in [0.1, 0.15) is 34.6 Å². The van der Waals surface area contributed by atoms with Crippen LogP contribution in [0, 0.1) is 5.92 Å². The summed E-state index contributed by atoms with van der Waals surface area (Å²) in [5.74, 6) is -0.596. The second-order valence-corrected chi connectivity index (χ2v) is 8.71. The van der Waals surface area contributed by atoms with Gasteiger partial charge >= 0.3 is 0 Å². The largest absolute Gasteiger partial charge is 0.352 e. The summed E-state index contributed by atoms with van der Waals surface area (Å²) in [6, 6.07) is 10.5. The molecule has 0 aliphatic heterocycles. The number of benzene rings is 2. The molecule has 9 heteroatoms. The zero-order valence-corrected chi connectivity index (χ0v) is 17.2. The van der Waals surface area contributed by atoms with E-state index in [9.17, 15) is 18.0 Å². The summed E-state index contributed by atoms with van der Waals surface area (Å²) < 4.78 is 23.4. The van der Waals surface area contributed by atoms with Crippen LogP contribution in [0.4, 0.5) is 5.69 Å². The number of para-hydroxylation sites is 1. The van der Waals surface area contributed by atoms with Crippen molar-refractivity contribution in [3.05, 3.63) is 58.1 Å². The number of amides is 2. The number of primary sulfonamides is 1. The molecule has 0 radical (unpaired) electrons. The first-order valence-corrected chi connectivity index (χ1v) is 10.4. The van der Waals surface area contributed by atoms with Crippen LogP contribution in [0.25, 0.3) is 0 Å². The van der Waals surface area contributed by atoms with Crippen molar-refractivity contribution >= 4 is 43.5 Å². The Morgan fingerprint density at radius 3 is 2.37 bits per heavy atom. The molecule has 0 bridgehead atoms. The fourth-order valence-corrected chi connectivity index (χ4v) is 3.19. The normalized spacial score (nSPS) is 11.3. The Kier molecular flexibility index (Phi) is 6.74. The number of halogens is 1. The third-order valence-corrected chi connectivity index (χ3v) is 5.20. The fourth-order valence-electron chi connectivity index (χ4n) is 2.23. The molecule has 4 N–H and O–H groups in total. The van der Waals surface area contributed by atoms with Crippen LogP contribution in [0.15, 0.2) is 51.8 Å². The van der Waals surface area contributed by atoms with Crippen LogP contribution in [0.2, 0.25) is 0 Å². The lowest BCUT2D eigenvalue weighted by molar-refractivity contribution is 0.0950. The summed E-state index contributed by atoms with van der Waals surface area (Å²) >= 11 is 3.22. The average Bonchev–Trinajstić information content (AvgIpc) is 2.59. The average molecular weight is 454 g/mol. The molecular weight excluding hydrogens is 434 g/mol. The predicted octanol–water partition coefficient (Wildman–Crippen LogP) is 2.73. The Balaban J connectivity index is 2.31. The molecule has 2 aromatic carbocycles. The number of hydrogen-bond acceptors (Lipinski definition) is 4. The zero-order valence-electron chi connectivity index (χ0n) is 14.8. The maximum absolute atomic E-state index is 12.6. The van der Waals surface area contributed by atoms with Gasteiger partial charge in [-0.15, -0.1) is 0 Å². The summed E-state index contributed by atoms with van der Waals surface area (Å²) in [6.45, 7) is 4.46. The first kappa shape index (κ1) is 21.1. The molecule has 2 aromatic rings. The van der Waals surface area contributed by atoms with Crippen molar-refractivity contribution in [1.29, 1.82) is 0 Å². The monoisotopic (exact) mass is 453 g/mol. The quantitative estimate of drug-likeness (QED) is 0.622. The molecule has 0 saturated heterocycles. The molecule has 0 aliphatic carbocycles. The van der Waals surface area contributed by atoms with Crippen LogP contribution < -0.4 is 15.8 Å². The van der Waals surface area contributed by atoms with Crippen LogP contribution in [0.5, 0.6) is 0 Å². The maximum atomic E-state index is 12.6. The lowest BCUT2D eigenvalue weighted by Gasteiger charge is -2.13. The minimum Gasteiger partial charge on any atom is -0.352 e. The molecule has 2 amide bonds. The first-order valence-electron chi connectivity index (χ1n) is 8.10. The van der Waals surface area contributed by atoms with Crippen molar-refractivity contribution in [1.82, 2.24) is 5.32 Å². The van der Waals surface area contributed by atoms with Gasteiger partial charge in [0.2, 0.25) is 10.0 Å². The van der Waals surface area contributed by atoms with Gasteiger partial charge in [-0.2, -0.15) is 0 Å². The van der Waals surface area contributed by atoms with E-state index < -0.39 is 15.9 Å². The smallest absolute Gasteiger partial charge is 0.256 e. The fraction of sp³-hybridized carbons (Fsp3) is 0.222. The second kappa shape index (κ2) is 8.64. The van der Waals surface area contributed by atoms with Crippen molar-refractivity contribution in [2.24, 2.45) is 11.1 Å². The van der Waals surface area contributed by atoms with Crippen LogP contribution >= 0.6 is 15.9 Å². The first-order chi connectivity index (χ1) is 12.6. The lowest BCUT2D eigenvalue weighted by Crippen LogP contribution is -2.28. The van der Waals surface area contributed by atoms with E-state index in [2.05, 4.69) is 26.6 Å². The third kappa shape index (κ3) is 5.62. The predicted molar refractivity (Wildman–Crippen MR) is 107 cm³/mol. The molecule has 2 rings (SSSR count). The number of sulfonamides is 1. The number of carbonyl (C=O) groups is 2. The standard InChI is InChI=1S/C18H20BrN3O4S/c1-11(2)10-21-17(23)13-5-3-4-6-16(13)22-18(24)14-9-12(27(20,25)26)7-8-15(14)19/h3-9,11H,10H2,1-2H3,(H,21,23)(H,22,24)(H2,20,25,26). The number of anilines is 1. The number of carbonyl (C=O) groups excluding carboxylic acids is 2. The molecule has 144 valence electrons. The summed E-state index contributed by atoms with van der Waals surface area (Å²) in [5.41, 5.74) is 0.709. The van der Waals surface area contributed by atoms with Crippen molar-refractivity contribution < 1.29 is 18.0 Å². The minimum absolute atomic E-state index is 0.0823. The molecule has 0 aliphatic rings. The summed E-state index contributed by atoms with van der Waals surface area (Å²) in [6.07, 6.45) is 0. The van der Waals surface area contributed by atoms with E-state index >= 15 is 0 Å². The third-order valence-electron chi connectivity index (χ3n) is 3.60. The molecule has 0 aromatic heterocycles. The summed E-state index contributed by atoms with van der Waals surface area (Å²) in [7, 11) is -3.95. The Hall–Kier alpha value is -2.23. The van der Waals surface area contributed by atoms with Gasteiger partial charge in [0.1, 0.15) is 0 Å². The molecule has 0 atom stereocenters. The van der Waals surface area contributed by atoms with E-state index in [0.717, 1.165) is 0 Å². The highest BCUT2D eigenvalue weighted by Crippen LogP contribution is 2.23. The zero-order chi connectivity index (χ0) is 20.2. The van der Waals surface area contributed by atoms with E-state index in [1.807, 2.05) is 13.8 Å². The van der Waals surface area contributed by atoms with Crippen molar-refractivity contribution in [2.75, 3.05) is 11.9 Å². The number of nitrogens with one attached hydrogen (secondary N) is 2. The van der Waals surface area contributed by atoms with Crippen molar-refractivity contribution in [3.8, 4) is 0 Å². The van der Waals surface area contributed by atoms with E-state index in [1.54, 1.807) is 24.3 Å². The summed E-state index contributed by atoms with van der Waals surface area (Å²) in [5, 5.41) is 10.6. The highest BCUT2D eigenvalue weighted by molar-refractivity contribution is 9.10. The van der Waals surface area contributed by atoms with Crippen LogP contribution in [0.3, 0.4) is 0 Å². The molecule has 7 nitrogen and oxygen atoms in total. The molecule has 0 heterocycles. The maximum Gasteiger partial charge on any atom is 0.256 e. The van der Waals surface area contributed by atoms with Crippen LogP contribution in [-0.4, -0.2) is 26.8 Å². The Labute approximate surface area is 166 Å². The highest BCUT2D eigenvalue weighted by atomic mass is 79.9. The van der Waals surface area contributed by atoms with Gasteiger partial charge in [-0.3, -0.25) is 9.59 Å². The van der Waals surface area contributed by atoms with E-state index in [1.165, 1.54) is 18.2 Å². The van der Waals surface area contributed by atoms with Crippen LogP contribution in [-0.2, 0) is 10.0 Å². The van der Waals surface area contributed by atoms with Gasteiger partial charge in [-0.05, 0) is 52.2 Å². The SMILES string of the molecule is CC(C)CNC(=O)c1ccccc1NC(=O)c1cc(S(N)(=O)=O)ccc1Br. The number of rotatable bonds is 6. The van der Waals surface area contributed by atoms with Gasteiger partial charge in [-0.1, -0.05) is 26.0 Å². The molecule has 0 fully saturated rings. The Morgan fingerprint density at radius 1 is 1.07 bits per heavy atom. The van der Waals surface area contributed by atoms with E-state index in [4.69, 9.17) is 5.14 Å². The second-order valence-electron chi connectivity index (χ2n) is 6.29. The van der Waals surface area contributed by atoms with Gasteiger partial charge in [0, 0.05) is 11.0 Å². The van der Waals surface area contributed by atoms with Crippen molar-refractivity contribution in [2.45, 2.75) is 18.7 Å². The van der Waals surface area contributed by atoms with Crippen molar-refractivity contribution in [3.63, 3.8) is 0 Å². The Morgan fingerprint density at radius 2 is 1.74 bits per heavy atom. The minimum atomic E-state index is -3.95. The van der Waals surface area contributed by atoms with Gasteiger partial charge in [0.15, 0.2) is 0 Å². The van der Waals surface area contributed by atoms with Gasteiger partial charge in [0.25, 0.3) is 11.8 Å². The lowest BCUT2D eigenvalue weighted by atomic mass is 10.1. The molecule has 0 unspecified atom stereocenters. The highest BCUT2D eigenvalue weighted by Gasteiger charge is 2.18. The van der Waals surface area contributed by atoms with Gasteiger partial charge in [-0.25, -0.2) is 13.6 Å². The van der Waals surface area contributed by atoms with Gasteiger partial charge in [0.05, 0.1) is 21.7 Å². The topological polar surface area (TPSA) is 118 Å². The molecular formula is C18H20BrN3O4S. The number of nitrogens with two attached hydrogens (primary N) is 1. The van der Waals surface area contributed by atoms with E-state index in [-0.39, 0.29) is 22.3 Å². The molecule has 27 heavy (non-hydrogen) atoms. The molecule has 0 spiro atoms. The van der Waals surface area contributed by atoms with E-state index in [0.29, 0.717) is 22.3 Å². The molecule has 0 saturated carbocycles. The van der Waals surface area contributed by atoms with Gasteiger partial charge < -0.3 is 10.6 Å². The Bertz CT molecular complexity index is 974. The summed E-state index contributed by atoms with van der Waals surface area (Å²) in [4.78, 5) is 24.8. The number of hydrogen-bond donors (Lipinski definition) is 3.